The van der Waals surface area contributed by atoms with Crippen molar-refractivity contribution in [3.63, 3.8) is 0 Å². The van der Waals surface area contributed by atoms with Crippen LogP contribution in [0.25, 0.3) is 0 Å². The second kappa shape index (κ2) is 4.52. The van der Waals surface area contributed by atoms with E-state index in [1.165, 1.54) is 18.2 Å². The van der Waals surface area contributed by atoms with E-state index in [0.29, 0.717) is 16.3 Å². The molecule has 0 fully saturated rings. The summed E-state index contributed by atoms with van der Waals surface area (Å²) in [6.07, 6.45) is 0. The molecule has 0 saturated heterocycles. The molecule has 0 spiro atoms. The number of nitrogens with zero attached hydrogens (tertiary/aromatic N) is 2. The fourth-order valence-corrected chi connectivity index (χ4v) is 2.35. The highest BCUT2D eigenvalue weighted by atomic mass is 32.2. The van der Waals surface area contributed by atoms with Crippen LogP contribution in [0.4, 0.5) is 4.39 Å². The zero-order valence-electron chi connectivity index (χ0n) is 8.51. The van der Waals surface area contributed by atoms with E-state index in [1.807, 2.05) is 0 Å². The highest BCUT2D eigenvalue weighted by molar-refractivity contribution is 7.84. The molecule has 2 rings (SSSR count). The quantitative estimate of drug-likeness (QED) is 0.821. The van der Waals surface area contributed by atoms with E-state index in [2.05, 4.69) is 14.9 Å². The summed E-state index contributed by atoms with van der Waals surface area (Å²) in [6, 6.07) is 5.70. The lowest BCUT2D eigenvalue weighted by molar-refractivity contribution is 0.302. The predicted molar refractivity (Wildman–Crippen MR) is 55.5 cm³/mol. The Kier molecular flexibility index (Phi) is 3.09. The first kappa shape index (κ1) is 10.9. The molecule has 1 atom stereocenters. The van der Waals surface area contributed by atoms with E-state index in [4.69, 9.17) is 0 Å². The van der Waals surface area contributed by atoms with E-state index >= 15 is 0 Å². The first-order chi connectivity index (χ1) is 7.66. The summed E-state index contributed by atoms with van der Waals surface area (Å²) in [5, 5.41) is 7.22. The van der Waals surface area contributed by atoms with Crippen molar-refractivity contribution in [2.45, 2.75) is 17.6 Å². The van der Waals surface area contributed by atoms with E-state index in [9.17, 15) is 8.60 Å². The molecule has 1 unspecified atom stereocenters. The molecule has 1 aromatic carbocycles. The van der Waals surface area contributed by atoms with Gasteiger partial charge in [-0.2, -0.15) is 0 Å². The highest BCUT2D eigenvalue weighted by Gasteiger charge is 2.11. The van der Waals surface area contributed by atoms with Crippen LogP contribution in [0.15, 0.2) is 33.8 Å². The van der Waals surface area contributed by atoms with Crippen molar-refractivity contribution in [1.82, 2.24) is 10.3 Å². The number of rotatable bonds is 3. The Labute approximate surface area is 93.9 Å². The van der Waals surface area contributed by atoms with Gasteiger partial charge in [0.2, 0.25) is 0 Å². The van der Waals surface area contributed by atoms with Gasteiger partial charge in [-0.05, 0) is 25.1 Å². The molecule has 1 aromatic heterocycles. The summed E-state index contributed by atoms with van der Waals surface area (Å²) >= 11 is 0. The minimum Gasteiger partial charge on any atom is -0.254 e. The summed E-state index contributed by atoms with van der Waals surface area (Å²) < 4.78 is 29.3. The molecule has 6 heteroatoms. The van der Waals surface area contributed by atoms with Gasteiger partial charge in [-0.1, -0.05) is 16.4 Å². The van der Waals surface area contributed by atoms with Gasteiger partial charge in [0.05, 0.1) is 16.6 Å². The van der Waals surface area contributed by atoms with Crippen LogP contribution in [0.1, 0.15) is 11.4 Å². The summed E-state index contributed by atoms with van der Waals surface area (Å²) in [7, 11) is -1.34. The third kappa shape index (κ3) is 2.33. The third-order valence-electron chi connectivity index (χ3n) is 2.07. The number of hydrogen-bond acceptors (Lipinski definition) is 4. The summed E-state index contributed by atoms with van der Waals surface area (Å²) in [6.45, 7) is 1.72. The minimum absolute atomic E-state index is 0.179. The van der Waals surface area contributed by atoms with Crippen molar-refractivity contribution in [1.29, 1.82) is 0 Å². The van der Waals surface area contributed by atoms with Crippen molar-refractivity contribution >= 4 is 10.8 Å². The first-order valence-corrected chi connectivity index (χ1v) is 5.90. The van der Waals surface area contributed by atoms with Gasteiger partial charge in [0, 0.05) is 4.90 Å². The Bertz CT molecular complexity index is 527. The van der Waals surface area contributed by atoms with Crippen LogP contribution in [0.2, 0.25) is 0 Å². The number of aryl methyl sites for hydroxylation is 1. The molecule has 0 aliphatic rings. The summed E-state index contributed by atoms with van der Waals surface area (Å²) in [5.41, 5.74) is 1.13. The molecular weight excluding hydrogens is 231 g/mol. The van der Waals surface area contributed by atoms with E-state index < -0.39 is 16.6 Å². The van der Waals surface area contributed by atoms with Gasteiger partial charge >= 0.3 is 0 Å². The molecule has 0 saturated carbocycles. The van der Waals surface area contributed by atoms with Gasteiger partial charge in [0.1, 0.15) is 17.2 Å². The number of hydrogen-bond donors (Lipinski definition) is 0. The average Bonchev–Trinajstić information content (AvgIpc) is 2.64. The molecule has 0 amide bonds. The average molecular weight is 240 g/mol. The maximum absolute atomic E-state index is 12.9. The van der Waals surface area contributed by atoms with E-state index in [1.54, 1.807) is 13.0 Å². The summed E-state index contributed by atoms with van der Waals surface area (Å²) in [5.74, 6) is -0.223. The van der Waals surface area contributed by atoms with Crippen molar-refractivity contribution in [3.8, 4) is 0 Å². The lowest BCUT2D eigenvalue weighted by Gasteiger charge is -1.99. The molecule has 0 N–H and O–H groups in total. The van der Waals surface area contributed by atoms with Gasteiger partial charge in [-0.25, -0.2) is 9.02 Å². The Hall–Kier alpha value is -1.56. The Morgan fingerprint density at radius 3 is 2.88 bits per heavy atom. The molecule has 16 heavy (non-hydrogen) atoms. The molecule has 1 heterocycles. The maximum atomic E-state index is 12.9. The minimum atomic E-state index is -1.34. The smallest absolute Gasteiger partial charge is 0.124 e. The fraction of sp³-hybridized carbons (Fsp3) is 0.200. The molecule has 2 aromatic rings. The van der Waals surface area contributed by atoms with Gasteiger partial charge in [0.25, 0.3) is 0 Å². The van der Waals surface area contributed by atoms with Crippen LogP contribution in [-0.2, 0) is 16.6 Å². The van der Waals surface area contributed by atoms with E-state index in [0.717, 1.165) is 0 Å². The van der Waals surface area contributed by atoms with Crippen molar-refractivity contribution in [3.05, 3.63) is 41.5 Å². The van der Waals surface area contributed by atoms with Crippen LogP contribution >= 0.6 is 0 Å². The van der Waals surface area contributed by atoms with Crippen LogP contribution < -0.4 is 0 Å². The SMILES string of the molecule is Cc1nonc1CS(=O)c1cccc(F)c1. The second-order valence-electron chi connectivity index (χ2n) is 3.24. The zero-order valence-corrected chi connectivity index (χ0v) is 9.33. The van der Waals surface area contributed by atoms with E-state index in [-0.39, 0.29) is 5.75 Å². The number of halogens is 1. The molecule has 4 nitrogen and oxygen atoms in total. The first-order valence-electron chi connectivity index (χ1n) is 4.59. The van der Waals surface area contributed by atoms with Gasteiger partial charge in [-0.3, -0.25) is 4.21 Å². The van der Waals surface area contributed by atoms with Crippen LogP contribution in [0.3, 0.4) is 0 Å². The summed E-state index contributed by atoms with van der Waals surface area (Å²) in [4.78, 5) is 0.433. The highest BCUT2D eigenvalue weighted by Crippen LogP contribution is 2.13. The lowest BCUT2D eigenvalue weighted by atomic mass is 10.3. The molecule has 0 aliphatic carbocycles. The van der Waals surface area contributed by atoms with Crippen LogP contribution in [-0.4, -0.2) is 14.5 Å². The largest absolute Gasteiger partial charge is 0.254 e. The van der Waals surface area contributed by atoms with Gasteiger partial charge < -0.3 is 0 Å². The zero-order chi connectivity index (χ0) is 11.5. The Morgan fingerprint density at radius 2 is 2.25 bits per heavy atom. The van der Waals surface area contributed by atoms with Gasteiger partial charge in [-0.15, -0.1) is 0 Å². The van der Waals surface area contributed by atoms with Crippen LogP contribution in [0.5, 0.6) is 0 Å². The fourth-order valence-electron chi connectivity index (χ4n) is 1.20. The lowest BCUT2D eigenvalue weighted by Crippen LogP contribution is -1.98. The van der Waals surface area contributed by atoms with Gasteiger partial charge in [0.15, 0.2) is 0 Å². The van der Waals surface area contributed by atoms with Crippen molar-refractivity contribution in [2.24, 2.45) is 0 Å². The molecule has 0 bridgehead atoms. The van der Waals surface area contributed by atoms with Crippen molar-refractivity contribution < 1.29 is 13.2 Å². The number of aromatic nitrogens is 2. The van der Waals surface area contributed by atoms with Crippen molar-refractivity contribution in [2.75, 3.05) is 0 Å². The molecule has 84 valence electrons. The van der Waals surface area contributed by atoms with Crippen LogP contribution in [0, 0.1) is 12.7 Å². The standard InChI is InChI=1S/C10H9FN2O2S/c1-7-10(13-15-12-7)6-16(14)9-4-2-3-8(11)5-9/h2-5H,6H2,1H3. The molecule has 0 radical (unpaired) electrons. The molecule has 0 aliphatic heterocycles. The normalized spacial score (nSPS) is 12.6. The Balaban J connectivity index is 2.18. The maximum Gasteiger partial charge on any atom is 0.124 e. The monoisotopic (exact) mass is 240 g/mol. The second-order valence-corrected chi connectivity index (χ2v) is 4.69. The topological polar surface area (TPSA) is 56.0 Å². The predicted octanol–water partition coefficient (Wildman–Crippen LogP) is 1.82. The molecular formula is C10H9FN2O2S. The third-order valence-corrected chi connectivity index (χ3v) is 3.39. The Morgan fingerprint density at radius 1 is 1.44 bits per heavy atom. The number of benzene rings is 1.